The van der Waals surface area contributed by atoms with Crippen molar-refractivity contribution >= 4 is 17.6 Å². The van der Waals surface area contributed by atoms with Crippen LogP contribution in [0, 0.1) is 5.92 Å². The van der Waals surface area contributed by atoms with Crippen LogP contribution in [0.4, 0.5) is 5.69 Å². The number of rotatable bonds is 7. The Morgan fingerprint density at radius 3 is 2.59 bits per heavy atom. The van der Waals surface area contributed by atoms with Crippen molar-refractivity contribution in [1.29, 1.82) is 0 Å². The maximum Gasteiger partial charge on any atom is 0.307 e. The zero-order chi connectivity index (χ0) is 23.5. The standard InChI is InChI=1S/C25H32N2O5/c1-7-16(13-21(28)32-24(2,3)4)23(29)27-17-11-12-20(26-14-17)31-19-10-8-9-18-22(19)25(5,6)15-30-18/h8-12,14,16H,7,13,15H2,1-6H3,(H,27,29)/t16-/m0/s1. The van der Waals surface area contributed by atoms with Gasteiger partial charge >= 0.3 is 5.97 Å². The van der Waals surface area contributed by atoms with E-state index in [1.54, 1.807) is 32.9 Å². The highest BCUT2D eigenvalue weighted by atomic mass is 16.6. The molecule has 2 aromatic rings. The lowest BCUT2D eigenvalue weighted by Crippen LogP contribution is -2.29. The Bertz CT molecular complexity index is 977. The number of hydrogen-bond donors (Lipinski definition) is 1. The van der Waals surface area contributed by atoms with Crippen molar-refractivity contribution in [3.8, 4) is 17.4 Å². The molecule has 1 aromatic heterocycles. The number of anilines is 1. The number of nitrogens with zero attached hydrogens (tertiary/aromatic N) is 1. The van der Waals surface area contributed by atoms with Crippen molar-refractivity contribution in [1.82, 2.24) is 4.98 Å². The first kappa shape index (κ1) is 23.6. The van der Waals surface area contributed by atoms with Crippen LogP contribution in [-0.2, 0) is 19.7 Å². The third-order valence-electron chi connectivity index (χ3n) is 5.17. The van der Waals surface area contributed by atoms with Crippen LogP contribution in [0.2, 0.25) is 0 Å². The molecule has 0 aliphatic carbocycles. The molecule has 32 heavy (non-hydrogen) atoms. The van der Waals surface area contributed by atoms with Crippen molar-refractivity contribution in [2.45, 2.75) is 65.4 Å². The van der Waals surface area contributed by atoms with Crippen molar-refractivity contribution in [3.05, 3.63) is 42.1 Å². The summed E-state index contributed by atoms with van der Waals surface area (Å²) in [6, 6.07) is 9.15. The summed E-state index contributed by atoms with van der Waals surface area (Å²) in [6.45, 7) is 12.1. The minimum Gasteiger partial charge on any atom is -0.492 e. The molecule has 1 atom stereocenters. The first-order valence-corrected chi connectivity index (χ1v) is 10.9. The van der Waals surface area contributed by atoms with E-state index in [2.05, 4.69) is 24.1 Å². The minimum atomic E-state index is -0.578. The SMILES string of the molecule is CC[C@@H](CC(=O)OC(C)(C)C)C(=O)Nc1ccc(Oc2cccc3c2C(C)(C)CO3)nc1. The lowest BCUT2D eigenvalue weighted by Gasteiger charge is -2.21. The number of benzene rings is 1. The Kier molecular flexibility index (Phi) is 6.77. The van der Waals surface area contributed by atoms with E-state index in [4.69, 9.17) is 14.2 Å². The Balaban J connectivity index is 1.63. The lowest BCUT2D eigenvalue weighted by atomic mass is 9.86. The number of nitrogens with one attached hydrogen (secondary N) is 1. The van der Waals surface area contributed by atoms with Crippen LogP contribution >= 0.6 is 0 Å². The largest absolute Gasteiger partial charge is 0.492 e. The van der Waals surface area contributed by atoms with E-state index in [0.717, 1.165) is 11.3 Å². The van der Waals surface area contributed by atoms with Gasteiger partial charge in [-0.25, -0.2) is 4.98 Å². The maximum absolute atomic E-state index is 12.6. The number of carbonyl (C=O) groups is 2. The van der Waals surface area contributed by atoms with Gasteiger partial charge in [0.05, 0.1) is 24.9 Å². The summed E-state index contributed by atoms with van der Waals surface area (Å²) in [5, 5.41) is 2.82. The van der Waals surface area contributed by atoms with Crippen molar-refractivity contribution in [3.63, 3.8) is 0 Å². The second-order valence-corrected chi connectivity index (χ2v) is 9.67. The van der Waals surface area contributed by atoms with Gasteiger partial charge < -0.3 is 19.5 Å². The highest BCUT2D eigenvalue weighted by Gasteiger charge is 2.35. The van der Waals surface area contributed by atoms with Gasteiger partial charge in [0, 0.05) is 23.0 Å². The fraction of sp³-hybridized carbons (Fsp3) is 0.480. The van der Waals surface area contributed by atoms with Crippen molar-refractivity contribution in [2.24, 2.45) is 5.92 Å². The smallest absolute Gasteiger partial charge is 0.307 e. The summed E-state index contributed by atoms with van der Waals surface area (Å²) in [5.41, 5.74) is 0.827. The fourth-order valence-corrected chi connectivity index (χ4v) is 3.59. The zero-order valence-electron chi connectivity index (χ0n) is 19.7. The molecule has 7 nitrogen and oxygen atoms in total. The van der Waals surface area contributed by atoms with Crippen LogP contribution in [0.25, 0.3) is 0 Å². The molecule has 1 amide bonds. The average molecular weight is 441 g/mol. The number of ether oxygens (including phenoxy) is 3. The number of pyridine rings is 1. The molecule has 0 saturated carbocycles. The van der Waals surface area contributed by atoms with E-state index in [-0.39, 0.29) is 23.7 Å². The van der Waals surface area contributed by atoms with Gasteiger partial charge in [0.2, 0.25) is 11.8 Å². The summed E-state index contributed by atoms with van der Waals surface area (Å²) in [7, 11) is 0. The zero-order valence-corrected chi connectivity index (χ0v) is 19.7. The summed E-state index contributed by atoms with van der Waals surface area (Å²) in [5.74, 6) is 0.844. The average Bonchev–Trinajstić information content (AvgIpc) is 3.02. The molecule has 0 saturated heterocycles. The topological polar surface area (TPSA) is 86.8 Å². The maximum atomic E-state index is 12.6. The normalized spacial score (nSPS) is 15.3. The minimum absolute atomic E-state index is 0.0329. The molecule has 1 aromatic carbocycles. The Morgan fingerprint density at radius 1 is 1.22 bits per heavy atom. The number of aromatic nitrogens is 1. The molecule has 0 fully saturated rings. The molecule has 7 heteroatoms. The molecule has 0 spiro atoms. The van der Waals surface area contributed by atoms with E-state index < -0.39 is 11.5 Å². The molecule has 1 aliphatic heterocycles. The van der Waals surface area contributed by atoms with Gasteiger partial charge in [0.15, 0.2) is 0 Å². The highest BCUT2D eigenvalue weighted by Crippen LogP contribution is 2.45. The molecule has 3 rings (SSSR count). The second-order valence-electron chi connectivity index (χ2n) is 9.67. The monoisotopic (exact) mass is 440 g/mol. The van der Waals surface area contributed by atoms with Crippen LogP contribution in [0.15, 0.2) is 36.5 Å². The lowest BCUT2D eigenvalue weighted by molar-refractivity contribution is -0.157. The molecule has 1 N–H and O–H groups in total. The predicted molar refractivity (Wildman–Crippen MR) is 122 cm³/mol. The third-order valence-corrected chi connectivity index (χ3v) is 5.17. The highest BCUT2D eigenvalue weighted by molar-refractivity contribution is 5.94. The number of amides is 1. The first-order valence-electron chi connectivity index (χ1n) is 10.9. The second kappa shape index (κ2) is 9.18. The van der Waals surface area contributed by atoms with Crippen molar-refractivity contribution in [2.75, 3.05) is 11.9 Å². The van der Waals surface area contributed by atoms with Gasteiger partial charge in [0.25, 0.3) is 0 Å². The molecule has 2 heterocycles. The van der Waals surface area contributed by atoms with Gasteiger partial charge in [-0.05, 0) is 45.4 Å². The summed E-state index contributed by atoms with van der Waals surface area (Å²) < 4.78 is 17.1. The van der Waals surface area contributed by atoms with Crippen LogP contribution in [-0.4, -0.2) is 29.1 Å². The van der Waals surface area contributed by atoms with E-state index >= 15 is 0 Å². The van der Waals surface area contributed by atoms with Crippen molar-refractivity contribution < 1.29 is 23.8 Å². The Hall–Kier alpha value is -3.09. The number of esters is 1. The Labute approximate surface area is 189 Å². The molecule has 172 valence electrons. The van der Waals surface area contributed by atoms with Gasteiger partial charge in [-0.1, -0.05) is 26.8 Å². The van der Waals surface area contributed by atoms with Crippen LogP contribution in [0.3, 0.4) is 0 Å². The third kappa shape index (κ3) is 5.78. The molecular weight excluding hydrogens is 408 g/mol. The fourth-order valence-electron chi connectivity index (χ4n) is 3.59. The Morgan fingerprint density at radius 2 is 1.97 bits per heavy atom. The molecular formula is C25H32N2O5. The molecule has 1 aliphatic rings. The van der Waals surface area contributed by atoms with E-state index in [1.165, 1.54) is 6.20 Å². The van der Waals surface area contributed by atoms with E-state index in [0.29, 0.717) is 30.3 Å². The van der Waals surface area contributed by atoms with Gasteiger partial charge in [0.1, 0.15) is 17.1 Å². The van der Waals surface area contributed by atoms with Gasteiger partial charge in [-0.15, -0.1) is 0 Å². The summed E-state index contributed by atoms with van der Waals surface area (Å²) >= 11 is 0. The molecule has 0 bridgehead atoms. The first-order chi connectivity index (χ1) is 15.0. The van der Waals surface area contributed by atoms with Crippen LogP contribution in [0.1, 0.15) is 59.9 Å². The molecule has 0 radical (unpaired) electrons. The van der Waals surface area contributed by atoms with E-state index in [1.807, 2.05) is 25.1 Å². The van der Waals surface area contributed by atoms with Crippen LogP contribution in [0.5, 0.6) is 17.4 Å². The quantitative estimate of drug-likeness (QED) is 0.593. The summed E-state index contributed by atoms with van der Waals surface area (Å²) in [4.78, 5) is 29.0. The number of hydrogen-bond acceptors (Lipinski definition) is 6. The number of carbonyl (C=O) groups excluding carboxylic acids is 2. The van der Waals surface area contributed by atoms with Crippen LogP contribution < -0.4 is 14.8 Å². The number of fused-ring (bicyclic) bond motifs is 1. The molecule has 0 unspecified atom stereocenters. The summed E-state index contributed by atoms with van der Waals surface area (Å²) in [6.07, 6.45) is 2.10. The predicted octanol–water partition coefficient (Wildman–Crippen LogP) is 5.24. The van der Waals surface area contributed by atoms with Gasteiger partial charge in [-0.2, -0.15) is 0 Å². The van der Waals surface area contributed by atoms with Gasteiger partial charge in [-0.3, -0.25) is 9.59 Å². The van der Waals surface area contributed by atoms with E-state index in [9.17, 15) is 9.59 Å².